The number of aliphatic imine (C=N–C) groups is 1. The molecule has 2 heterocycles. The number of amidine groups is 1. The Bertz CT molecular complexity index is 737. The largest absolute Gasteiger partial charge is 0.371 e. The Labute approximate surface area is 150 Å². The molecule has 132 valence electrons. The van der Waals surface area contributed by atoms with Crippen molar-refractivity contribution in [2.75, 3.05) is 30.3 Å². The second-order valence-corrected chi connectivity index (χ2v) is 6.91. The van der Waals surface area contributed by atoms with Crippen molar-refractivity contribution in [1.82, 2.24) is 5.32 Å². The third-order valence-corrected chi connectivity index (χ3v) is 5.19. The molecule has 25 heavy (non-hydrogen) atoms. The van der Waals surface area contributed by atoms with Crippen molar-refractivity contribution in [3.63, 3.8) is 0 Å². The Kier molecular flexibility index (Phi) is 5.09. The summed E-state index contributed by atoms with van der Waals surface area (Å²) in [6, 6.07) is 4.44. The molecule has 1 aromatic carbocycles. The number of nitrogens with zero attached hydrogens (tertiary/aromatic N) is 1. The van der Waals surface area contributed by atoms with Crippen LogP contribution in [0.25, 0.3) is 0 Å². The van der Waals surface area contributed by atoms with Crippen molar-refractivity contribution < 1.29 is 0 Å². The monoisotopic (exact) mass is 336 g/mol. The molecule has 0 radical (unpaired) electrons. The lowest BCUT2D eigenvalue weighted by molar-refractivity contribution is 0.419. The predicted molar refractivity (Wildman–Crippen MR) is 109 cm³/mol. The summed E-state index contributed by atoms with van der Waals surface area (Å²) < 4.78 is 0. The van der Waals surface area contributed by atoms with Crippen LogP contribution in [-0.4, -0.2) is 31.0 Å². The maximum atomic E-state index is 4.93. The van der Waals surface area contributed by atoms with Crippen LogP contribution in [0.15, 0.2) is 54.1 Å². The van der Waals surface area contributed by atoms with Gasteiger partial charge in [0.2, 0.25) is 0 Å². The second kappa shape index (κ2) is 7.28. The van der Waals surface area contributed by atoms with Crippen LogP contribution >= 0.6 is 0 Å². The quantitative estimate of drug-likeness (QED) is 0.730. The van der Waals surface area contributed by atoms with Gasteiger partial charge >= 0.3 is 0 Å². The Morgan fingerprint density at radius 3 is 2.48 bits per heavy atom. The molecular weight excluding hydrogens is 308 g/mol. The van der Waals surface area contributed by atoms with Gasteiger partial charge in [0.05, 0.1) is 23.5 Å². The smallest absolute Gasteiger partial charge is 0.127 e. The van der Waals surface area contributed by atoms with Gasteiger partial charge < -0.3 is 16.0 Å². The fourth-order valence-electron chi connectivity index (χ4n) is 3.50. The van der Waals surface area contributed by atoms with Gasteiger partial charge in [-0.2, -0.15) is 0 Å². The Balaban J connectivity index is 1.98. The van der Waals surface area contributed by atoms with Crippen LogP contribution in [-0.2, 0) is 0 Å². The van der Waals surface area contributed by atoms with Crippen molar-refractivity contribution in [1.29, 1.82) is 0 Å². The topological polar surface area (TPSA) is 48.5 Å². The number of allylic oxidation sites excluding steroid dienone is 2. The summed E-state index contributed by atoms with van der Waals surface area (Å²) in [5.41, 5.74) is 5.82. The van der Waals surface area contributed by atoms with Gasteiger partial charge in [0.1, 0.15) is 5.84 Å². The summed E-state index contributed by atoms with van der Waals surface area (Å²) in [5, 5.41) is 10.9. The number of fused-ring (bicyclic) bond motifs is 1. The Morgan fingerprint density at radius 2 is 1.84 bits per heavy atom. The van der Waals surface area contributed by atoms with Crippen LogP contribution in [0.5, 0.6) is 0 Å². The summed E-state index contributed by atoms with van der Waals surface area (Å²) in [4.78, 5) is 4.93. The summed E-state index contributed by atoms with van der Waals surface area (Å²) in [5.74, 6) is 1.03. The first-order chi connectivity index (χ1) is 12.1. The highest BCUT2D eigenvalue weighted by Crippen LogP contribution is 2.37. The molecule has 0 aliphatic carbocycles. The molecule has 2 aliphatic heterocycles. The molecule has 0 bridgehead atoms. The molecule has 1 spiro atoms. The number of benzene rings is 1. The van der Waals surface area contributed by atoms with E-state index in [4.69, 9.17) is 4.99 Å². The summed E-state index contributed by atoms with van der Waals surface area (Å²) in [7, 11) is 0. The first-order valence-corrected chi connectivity index (χ1v) is 8.94. The molecule has 3 rings (SSSR count). The minimum atomic E-state index is -0.125. The van der Waals surface area contributed by atoms with Crippen molar-refractivity contribution in [2.45, 2.75) is 32.2 Å². The highest BCUT2D eigenvalue weighted by Gasteiger charge is 2.41. The van der Waals surface area contributed by atoms with Gasteiger partial charge in [-0.05, 0) is 68.6 Å². The number of piperidine rings is 1. The molecule has 0 unspecified atom stereocenters. The molecule has 0 atom stereocenters. The van der Waals surface area contributed by atoms with Gasteiger partial charge in [-0.3, -0.25) is 4.99 Å². The molecule has 1 aromatic rings. The van der Waals surface area contributed by atoms with Gasteiger partial charge in [-0.1, -0.05) is 31.4 Å². The van der Waals surface area contributed by atoms with Gasteiger partial charge in [0.25, 0.3) is 0 Å². The number of hydrogen-bond donors (Lipinski definition) is 3. The lowest BCUT2D eigenvalue weighted by atomic mass is 9.84. The molecular formula is C21H28N4. The fourth-order valence-corrected chi connectivity index (χ4v) is 3.50. The maximum absolute atomic E-state index is 4.93. The average Bonchev–Trinajstić information content (AvgIpc) is 2.61. The van der Waals surface area contributed by atoms with Crippen molar-refractivity contribution in [2.24, 2.45) is 4.99 Å². The predicted octanol–water partition coefficient (Wildman–Crippen LogP) is 3.96. The van der Waals surface area contributed by atoms with Crippen LogP contribution in [0.4, 0.5) is 11.4 Å². The molecule has 4 nitrogen and oxygen atoms in total. The second-order valence-electron chi connectivity index (χ2n) is 6.91. The lowest BCUT2D eigenvalue weighted by Gasteiger charge is -2.44. The highest BCUT2D eigenvalue weighted by atomic mass is 15.2. The van der Waals surface area contributed by atoms with Crippen LogP contribution < -0.4 is 16.0 Å². The normalized spacial score (nSPS) is 20.6. The fraction of sp³-hybridized carbons (Fsp3) is 0.381. The molecule has 4 heteroatoms. The Morgan fingerprint density at radius 1 is 1.16 bits per heavy atom. The van der Waals surface area contributed by atoms with E-state index in [9.17, 15) is 0 Å². The van der Waals surface area contributed by atoms with Crippen LogP contribution in [0.3, 0.4) is 0 Å². The van der Waals surface area contributed by atoms with Gasteiger partial charge in [0, 0.05) is 0 Å². The van der Waals surface area contributed by atoms with Crippen LogP contribution in [0.2, 0.25) is 0 Å². The molecule has 1 fully saturated rings. The van der Waals surface area contributed by atoms with E-state index in [1.807, 2.05) is 12.2 Å². The SMILES string of the molecule is C=C/C=C(\C=C)CN=C1Nc2cc(C)c(C)cc2NC12CCNCC2. The number of aryl methyl sites for hydroxylation is 2. The van der Waals surface area contributed by atoms with E-state index >= 15 is 0 Å². The number of hydrogen-bond acceptors (Lipinski definition) is 3. The third kappa shape index (κ3) is 3.54. The minimum absolute atomic E-state index is 0.125. The maximum Gasteiger partial charge on any atom is 0.127 e. The van der Waals surface area contributed by atoms with E-state index in [1.165, 1.54) is 16.8 Å². The van der Waals surface area contributed by atoms with E-state index in [1.54, 1.807) is 6.08 Å². The van der Waals surface area contributed by atoms with Crippen LogP contribution in [0, 0.1) is 13.8 Å². The molecule has 2 aliphatic rings. The summed E-state index contributed by atoms with van der Waals surface area (Å²) in [6.45, 7) is 14.5. The third-order valence-electron chi connectivity index (χ3n) is 5.19. The first-order valence-electron chi connectivity index (χ1n) is 8.94. The average molecular weight is 336 g/mol. The minimum Gasteiger partial charge on any atom is -0.371 e. The summed E-state index contributed by atoms with van der Waals surface area (Å²) in [6.07, 6.45) is 7.62. The molecule has 1 saturated heterocycles. The molecule has 0 amide bonds. The van der Waals surface area contributed by atoms with E-state index in [0.29, 0.717) is 6.54 Å². The molecule has 0 saturated carbocycles. The zero-order chi connectivity index (χ0) is 17.9. The van der Waals surface area contributed by atoms with E-state index < -0.39 is 0 Å². The lowest BCUT2D eigenvalue weighted by Crippen LogP contribution is -2.58. The van der Waals surface area contributed by atoms with Gasteiger partial charge in [-0.25, -0.2) is 0 Å². The summed E-state index contributed by atoms with van der Waals surface area (Å²) >= 11 is 0. The van der Waals surface area contributed by atoms with Crippen LogP contribution in [0.1, 0.15) is 24.0 Å². The highest BCUT2D eigenvalue weighted by molar-refractivity contribution is 6.09. The van der Waals surface area contributed by atoms with E-state index in [-0.39, 0.29) is 5.54 Å². The molecule has 3 N–H and O–H groups in total. The van der Waals surface area contributed by atoms with Crippen molar-refractivity contribution >= 4 is 17.2 Å². The zero-order valence-electron chi connectivity index (χ0n) is 15.3. The standard InChI is InChI=1S/C21H28N4/c1-5-7-17(6-2)14-23-20-21(8-10-22-11-9-21)25-19-13-16(4)15(3)12-18(19)24-20/h5-7,12-13,22,25H,1-2,8-11,14H2,3-4H3,(H,23,24)/b17-7+. The van der Waals surface area contributed by atoms with Crippen molar-refractivity contribution in [3.05, 3.63) is 60.2 Å². The number of rotatable bonds is 4. The van der Waals surface area contributed by atoms with E-state index in [0.717, 1.165) is 43.0 Å². The van der Waals surface area contributed by atoms with Crippen molar-refractivity contribution in [3.8, 4) is 0 Å². The number of nitrogens with one attached hydrogen (secondary N) is 3. The van der Waals surface area contributed by atoms with Gasteiger partial charge in [-0.15, -0.1) is 0 Å². The first kappa shape index (κ1) is 17.5. The zero-order valence-corrected chi connectivity index (χ0v) is 15.3. The Hall–Kier alpha value is -2.33. The van der Waals surface area contributed by atoms with E-state index in [2.05, 4.69) is 55.1 Å². The number of anilines is 2. The van der Waals surface area contributed by atoms with Gasteiger partial charge in [0.15, 0.2) is 0 Å². The molecule has 0 aromatic heterocycles.